The zero-order valence-corrected chi connectivity index (χ0v) is 16.0. The number of hydrogen-bond acceptors (Lipinski definition) is 4. The molecule has 8 heteroatoms. The van der Waals surface area contributed by atoms with Crippen LogP contribution >= 0.6 is 12.4 Å². The minimum Gasteiger partial charge on any atom is -0.326 e. The molecule has 140 valence electrons. The van der Waals surface area contributed by atoms with E-state index in [9.17, 15) is 13.2 Å². The van der Waals surface area contributed by atoms with Gasteiger partial charge in [0.1, 0.15) is 0 Å². The van der Waals surface area contributed by atoms with Crippen molar-refractivity contribution in [3.05, 3.63) is 23.8 Å². The summed E-state index contributed by atoms with van der Waals surface area (Å²) in [5.41, 5.74) is 1.21. The second-order valence-electron chi connectivity index (χ2n) is 6.82. The van der Waals surface area contributed by atoms with Crippen molar-refractivity contribution in [2.45, 2.75) is 50.0 Å². The van der Waals surface area contributed by atoms with E-state index >= 15 is 0 Å². The van der Waals surface area contributed by atoms with Crippen LogP contribution in [-0.4, -0.2) is 33.5 Å². The summed E-state index contributed by atoms with van der Waals surface area (Å²) in [6.45, 7) is 3.77. The summed E-state index contributed by atoms with van der Waals surface area (Å²) >= 11 is 0. The smallest absolute Gasteiger partial charge is 0.241 e. The molecular weight excluding hydrogens is 362 g/mol. The molecule has 0 spiro atoms. The molecule has 1 saturated heterocycles. The van der Waals surface area contributed by atoms with Gasteiger partial charge in [-0.3, -0.25) is 4.79 Å². The molecule has 25 heavy (non-hydrogen) atoms. The van der Waals surface area contributed by atoms with Crippen LogP contribution in [0.15, 0.2) is 23.1 Å². The third-order valence-corrected chi connectivity index (χ3v) is 6.27. The highest BCUT2D eigenvalue weighted by molar-refractivity contribution is 7.89. The van der Waals surface area contributed by atoms with E-state index in [1.165, 1.54) is 0 Å². The molecule has 1 amide bonds. The van der Waals surface area contributed by atoms with Gasteiger partial charge in [0.15, 0.2) is 0 Å². The van der Waals surface area contributed by atoms with Crippen LogP contribution in [0.1, 0.15) is 37.7 Å². The fourth-order valence-corrected chi connectivity index (χ4v) is 4.55. The van der Waals surface area contributed by atoms with Crippen LogP contribution < -0.4 is 15.4 Å². The zero-order valence-electron chi connectivity index (χ0n) is 14.4. The number of sulfonamides is 1. The van der Waals surface area contributed by atoms with Gasteiger partial charge in [-0.25, -0.2) is 13.1 Å². The molecule has 1 saturated carbocycles. The average molecular weight is 388 g/mol. The van der Waals surface area contributed by atoms with Crippen LogP contribution in [0.2, 0.25) is 0 Å². The quantitative estimate of drug-likeness (QED) is 0.669. The predicted octanol–water partition coefficient (Wildman–Crippen LogP) is 2.19. The summed E-state index contributed by atoms with van der Waals surface area (Å²) in [6.07, 6.45) is 4.23. The average Bonchev–Trinajstić information content (AvgIpc) is 3.17. The number of rotatable bonds is 7. The van der Waals surface area contributed by atoms with Gasteiger partial charge in [0.2, 0.25) is 15.9 Å². The first-order valence-electron chi connectivity index (χ1n) is 8.57. The lowest BCUT2D eigenvalue weighted by Gasteiger charge is -2.12. The molecule has 0 aromatic heterocycles. The molecule has 0 bridgehead atoms. The second-order valence-corrected chi connectivity index (χ2v) is 8.50. The van der Waals surface area contributed by atoms with Gasteiger partial charge in [-0.15, -0.1) is 12.4 Å². The van der Waals surface area contributed by atoms with Gasteiger partial charge in [-0.2, -0.15) is 0 Å². The molecule has 2 fully saturated rings. The fraction of sp³-hybridized carbons (Fsp3) is 0.588. The van der Waals surface area contributed by atoms with Crippen LogP contribution in [0.5, 0.6) is 0 Å². The van der Waals surface area contributed by atoms with Crippen molar-refractivity contribution in [2.75, 3.05) is 18.4 Å². The maximum Gasteiger partial charge on any atom is 0.241 e. The van der Waals surface area contributed by atoms with Crippen molar-refractivity contribution in [1.82, 2.24) is 10.0 Å². The summed E-state index contributed by atoms with van der Waals surface area (Å²) < 4.78 is 27.5. The summed E-state index contributed by atoms with van der Waals surface area (Å²) in [5.74, 6) is 0.497. The lowest BCUT2D eigenvalue weighted by molar-refractivity contribution is -0.116. The lowest BCUT2D eigenvalue weighted by Crippen LogP contribution is -2.26. The predicted molar refractivity (Wildman–Crippen MR) is 101 cm³/mol. The first-order chi connectivity index (χ1) is 11.4. The Kier molecular flexibility index (Phi) is 6.85. The number of carbonyl (C=O) groups excluding carboxylic acids is 1. The Morgan fingerprint density at radius 3 is 2.68 bits per heavy atom. The number of hydrogen-bond donors (Lipinski definition) is 3. The number of amides is 1. The number of carbonyl (C=O) groups is 1. The lowest BCUT2D eigenvalue weighted by atomic mass is 10.0. The minimum absolute atomic E-state index is 0. The summed E-state index contributed by atoms with van der Waals surface area (Å²) in [5, 5.41) is 6.11. The second kappa shape index (κ2) is 8.49. The Morgan fingerprint density at radius 2 is 2.04 bits per heavy atom. The van der Waals surface area contributed by atoms with Crippen molar-refractivity contribution in [2.24, 2.45) is 5.92 Å². The molecule has 1 atom stereocenters. The SMILES string of the molecule is Cc1ccc(NC(=O)CCC2CCNC2)cc1S(=O)(=O)NC1CC1.Cl. The molecule has 1 heterocycles. The zero-order chi connectivity index (χ0) is 17.2. The normalized spacial score (nSPS) is 20.1. The largest absolute Gasteiger partial charge is 0.326 e. The van der Waals surface area contributed by atoms with E-state index in [4.69, 9.17) is 0 Å². The van der Waals surface area contributed by atoms with Gasteiger partial charge >= 0.3 is 0 Å². The maximum atomic E-state index is 12.4. The first-order valence-corrected chi connectivity index (χ1v) is 10.1. The molecule has 2 aliphatic rings. The Balaban J connectivity index is 0.00000225. The van der Waals surface area contributed by atoms with Crippen LogP contribution in [0.4, 0.5) is 5.69 Å². The highest BCUT2D eigenvalue weighted by atomic mass is 35.5. The number of halogens is 1. The standard InChI is InChI=1S/C17H25N3O3S.ClH/c1-12-2-4-15(10-16(12)24(22,23)20-14-5-6-14)19-17(21)7-3-13-8-9-18-11-13;/h2,4,10,13-14,18,20H,3,5-9,11H2,1H3,(H,19,21);1H. The first kappa shape index (κ1) is 20.2. The molecule has 0 radical (unpaired) electrons. The number of benzene rings is 1. The molecule has 1 aliphatic carbocycles. The van der Waals surface area contributed by atoms with Gasteiger partial charge in [0.05, 0.1) is 4.90 Å². The molecule has 1 aromatic rings. The van der Waals surface area contributed by atoms with Gasteiger partial charge in [-0.05, 0) is 69.3 Å². The summed E-state index contributed by atoms with van der Waals surface area (Å²) in [6, 6.07) is 5.10. The van der Waals surface area contributed by atoms with Gasteiger partial charge in [-0.1, -0.05) is 6.07 Å². The molecule has 6 nitrogen and oxygen atoms in total. The molecule has 1 unspecified atom stereocenters. The van der Waals surface area contributed by atoms with E-state index in [-0.39, 0.29) is 29.3 Å². The topological polar surface area (TPSA) is 87.3 Å². The van der Waals surface area contributed by atoms with Crippen LogP contribution in [0.3, 0.4) is 0 Å². The van der Waals surface area contributed by atoms with Gasteiger partial charge in [0, 0.05) is 18.2 Å². The number of aryl methyl sites for hydroxylation is 1. The van der Waals surface area contributed by atoms with Crippen molar-refractivity contribution in [1.29, 1.82) is 0 Å². The Morgan fingerprint density at radius 1 is 1.28 bits per heavy atom. The third kappa shape index (κ3) is 5.67. The monoisotopic (exact) mass is 387 g/mol. The van der Waals surface area contributed by atoms with Crippen LogP contribution in [0, 0.1) is 12.8 Å². The Labute approximate surface area is 155 Å². The van der Waals surface area contributed by atoms with E-state index in [1.807, 2.05) is 0 Å². The summed E-state index contributed by atoms with van der Waals surface area (Å²) in [7, 11) is -3.52. The van der Waals surface area contributed by atoms with Crippen LogP contribution in [0.25, 0.3) is 0 Å². The number of anilines is 1. The van der Waals surface area contributed by atoms with E-state index in [2.05, 4.69) is 15.4 Å². The molecule has 1 aromatic carbocycles. The highest BCUT2D eigenvalue weighted by Crippen LogP contribution is 2.25. The maximum absolute atomic E-state index is 12.4. The van der Waals surface area contributed by atoms with Gasteiger partial charge < -0.3 is 10.6 Å². The van der Waals surface area contributed by atoms with E-state index in [0.717, 1.165) is 38.8 Å². The fourth-order valence-electron chi connectivity index (χ4n) is 2.97. The minimum atomic E-state index is -3.52. The van der Waals surface area contributed by atoms with Crippen LogP contribution in [-0.2, 0) is 14.8 Å². The number of nitrogens with one attached hydrogen (secondary N) is 3. The van der Waals surface area contributed by atoms with Crippen molar-refractivity contribution in [3.8, 4) is 0 Å². The Hall–Kier alpha value is -1.15. The molecule has 3 rings (SSSR count). The van der Waals surface area contributed by atoms with Crippen molar-refractivity contribution < 1.29 is 13.2 Å². The molecule has 3 N–H and O–H groups in total. The van der Waals surface area contributed by atoms with Crippen molar-refractivity contribution in [3.63, 3.8) is 0 Å². The summed E-state index contributed by atoms with van der Waals surface area (Å²) in [4.78, 5) is 12.3. The van der Waals surface area contributed by atoms with Gasteiger partial charge in [0.25, 0.3) is 0 Å². The van der Waals surface area contributed by atoms with E-state index in [1.54, 1.807) is 25.1 Å². The highest BCUT2D eigenvalue weighted by Gasteiger charge is 2.29. The Bertz CT molecular complexity index is 714. The van der Waals surface area contributed by atoms with Crippen molar-refractivity contribution >= 4 is 34.0 Å². The van der Waals surface area contributed by atoms with E-state index in [0.29, 0.717) is 23.6 Å². The van der Waals surface area contributed by atoms with E-state index < -0.39 is 10.0 Å². The third-order valence-electron chi connectivity index (χ3n) is 4.60. The molecular formula is C17H26ClN3O3S. The molecule has 1 aliphatic heterocycles.